The van der Waals surface area contributed by atoms with E-state index in [2.05, 4.69) is 9.97 Å². The van der Waals surface area contributed by atoms with Gasteiger partial charge in [0.15, 0.2) is 0 Å². The minimum Gasteiger partial charge on any atom is -0.478 e. The molecule has 32 heavy (non-hydrogen) atoms. The van der Waals surface area contributed by atoms with Crippen LogP contribution in [0.15, 0.2) is 34.6 Å². The van der Waals surface area contributed by atoms with Crippen molar-refractivity contribution in [1.82, 2.24) is 9.97 Å². The molecular weight excluding hydrogens is 430 g/mol. The lowest BCUT2D eigenvalue weighted by atomic mass is 9.54. The highest BCUT2D eigenvalue weighted by molar-refractivity contribution is 7.97. The molecule has 1 spiro atoms. The molecule has 2 aromatic rings. The summed E-state index contributed by atoms with van der Waals surface area (Å²) in [5.74, 6) is -1.77. The number of fused-ring (bicyclic) bond motifs is 6. The van der Waals surface area contributed by atoms with Gasteiger partial charge in [-0.15, -0.1) is 0 Å². The number of aliphatic hydroxyl groups is 1. The first-order valence-corrected chi connectivity index (χ1v) is 11.8. The van der Waals surface area contributed by atoms with Crippen LogP contribution in [-0.4, -0.2) is 51.0 Å². The van der Waals surface area contributed by atoms with Crippen molar-refractivity contribution < 1.29 is 19.8 Å². The van der Waals surface area contributed by atoms with E-state index in [4.69, 9.17) is 0 Å². The second kappa shape index (κ2) is 6.79. The van der Waals surface area contributed by atoms with Crippen LogP contribution in [0, 0.1) is 0 Å². The lowest BCUT2D eigenvalue weighted by Crippen LogP contribution is -2.62. The molecule has 1 aliphatic heterocycles. The van der Waals surface area contributed by atoms with Crippen LogP contribution in [0.4, 0.5) is 5.69 Å². The summed E-state index contributed by atoms with van der Waals surface area (Å²) in [5.41, 5.74) is -1.19. The number of carboxylic acid groups (broad SMARTS) is 1. The van der Waals surface area contributed by atoms with Gasteiger partial charge in [0.25, 0.3) is 5.56 Å². The normalized spacial score (nSPS) is 28.2. The lowest BCUT2D eigenvalue weighted by molar-refractivity contribution is -0.133. The molecule has 9 heteroatoms. The van der Waals surface area contributed by atoms with Gasteiger partial charge < -0.3 is 20.1 Å². The van der Waals surface area contributed by atoms with E-state index in [1.54, 1.807) is 26.1 Å². The number of aromatic amines is 1. The number of nitrogens with zero attached hydrogens (tertiary/aromatic N) is 2. The molecule has 3 atom stereocenters. The van der Waals surface area contributed by atoms with Crippen LogP contribution in [0.25, 0.3) is 5.57 Å². The van der Waals surface area contributed by atoms with Crippen molar-refractivity contribution in [3.8, 4) is 0 Å². The van der Waals surface area contributed by atoms with Crippen LogP contribution in [0.5, 0.6) is 0 Å². The van der Waals surface area contributed by atoms with E-state index >= 15 is 0 Å². The maximum absolute atomic E-state index is 13.9. The van der Waals surface area contributed by atoms with Crippen LogP contribution in [-0.2, 0) is 20.8 Å². The number of carboxylic acids is 1. The average Bonchev–Trinajstić information content (AvgIpc) is 3.23. The molecule has 3 N–H and O–H groups in total. The number of thioether (sulfide) groups is 1. The molecule has 0 saturated heterocycles. The molecule has 5 rings (SSSR count). The van der Waals surface area contributed by atoms with E-state index in [0.717, 1.165) is 0 Å². The zero-order valence-corrected chi connectivity index (χ0v) is 18.7. The third kappa shape index (κ3) is 2.27. The zero-order chi connectivity index (χ0) is 23.0. The van der Waals surface area contributed by atoms with Crippen molar-refractivity contribution in [2.75, 3.05) is 18.2 Å². The highest BCUT2D eigenvalue weighted by Crippen LogP contribution is 2.65. The Bertz CT molecular complexity index is 1280. The molecule has 1 aromatic carbocycles. The van der Waals surface area contributed by atoms with E-state index in [1.165, 1.54) is 16.7 Å². The van der Waals surface area contributed by atoms with Crippen molar-refractivity contribution in [3.63, 3.8) is 0 Å². The molecular formula is C23H23N3O5S. The van der Waals surface area contributed by atoms with Gasteiger partial charge in [0.1, 0.15) is 16.7 Å². The summed E-state index contributed by atoms with van der Waals surface area (Å²) in [6, 6.07) is 7.24. The Kier molecular flexibility index (Phi) is 4.45. The van der Waals surface area contributed by atoms with Gasteiger partial charge in [0.2, 0.25) is 5.91 Å². The molecule has 166 valence electrons. The second-order valence-electron chi connectivity index (χ2n) is 8.64. The summed E-state index contributed by atoms with van der Waals surface area (Å²) in [4.78, 5) is 47.9. The largest absolute Gasteiger partial charge is 0.478 e. The summed E-state index contributed by atoms with van der Waals surface area (Å²) in [6.07, 6.45) is 2.03. The number of hydrogen-bond acceptors (Lipinski definition) is 6. The maximum atomic E-state index is 13.9. The summed E-state index contributed by atoms with van der Waals surface area (Å²) in [5, 5.41) is 22.3. The monoisotopic (exact) mass is 453 g/mol. The average molecular weight is 454 g/mol. The van der Waals surface area contributed by atoms with Crippen molar-refractivity contribution >= 4 is 34.9 Å². The number of carbonyl (C=O) groups excluding carboxylic acids is 1. The molecule has 1 amide bonds. The van der Waals surface area contributed by atoms with Gasteiger partial charge in [-0.1, -0.05) is 25.1 Å². The number of hydrogen-bond donors (Lipinski definition) is 3. The molecule has 0 saturated carbocycles. The third-order valence-electron chi connectivity index (χ3n) is 7.31. The fourth-order valence-corrected chi connectivity index (χ4v) is 6.44. The molecule has 0 bridgehead atoms. The number of nitrogens with one attached hydrogen (secondary N) is 1. The quantitative estimate of drug-likeness (QED) is 0.650. The smallest absolute Gasteiger partial charge is 0.332 e. The van der Waals surface area contributed by atoms with Crippen molar-refractivity contribution in [3.05, 3.63) is 62.8 Å². The molecule has 0 radical (unpaired) electrons. The summed E-state index contributed by atoms with van der Waals surface area (Å²) >= 11 is 1.42. The van der Waals surface area contributed by atoms with E-state index in [9.17, 15) is 24.6 Å². The molecule has 3 aliphatic rings. The number of carbonyl (C=O) groups is 2. The Labute approximate surface area is 188 Å². The number of benzene rings is 1. The van der Waals surface area contributed by atoms with Crippen LogP contribution in [0.1, 0.15) is 48.3 Å². The van der Waals surface area contributed by atoms with Gasteiger partial charge in [0, 0.05) is 41.2 Å². The van der Waals surface area contributed by atoms with Gasteiger partial charge in [-0.25, -0.2) is 9.78 Å². The Morgan fingerprint density at radius 1 is 1.34 bits per heavy atom. The Balaban J connectivity index is 1.93. The van der Waals surface area contributed by atoms with Gasteiger partial charge in [-0.2, -0.15) is 11.8 Å². The first-order chi connectivity index (χ1) is 15.2. The molecule has 2 aliphatic carbocycles. The number of rotatable bonds is 3. The fraction of sp³-hybridized carbons (Fsp3) is 0.391. The topological polar surface area (TPSA) is 124 Å². The number of aromatic nitrogens is 2. The SMILES string of the molecule is CSCc1nc2c([nH]c1=O)C(C)C1(C(=O)N(C)c3ccccc31)C1(O)CCC(C(=O)O)=C21. The lowest BCUT2D eigenvalue weighted by Gasteiger charge is -2.50. The van der Waals surface area contributed by atoms with E-state index < -0.39 is 22.9 Å². The minimum atomic E-state index is -1.77. The first-order valence-electron chi connectivity index (χ1n) is 10.4. The summed E-state index contributed by atoms with van der Waals surface area (Å²) < 4.78 is 0. The van der Waals surface area contributed by atoms with Crippen LogP contribution >= 0.6 is 11.8 Å². The number of H-pyrrole nitrogens is 1. The highest BCUT2D eigenvalue weighted by Gasteiger charge is 2.71. The van der Waals surface area contributed by atoms with Crippen LogP contribution in [0.3, 0.4) is 0 Å². The van der Waals surface area contributed by atoms with Gasteiger partial charge in [0.05, 0.1) is 5.69 Å². The Morgan fingerprint density at radius 2 is 2.06 bits per heavy atom. The third-order valence-corrected chi connectivity index (χ3v) is 7.87. The Hall–Kier alpha value is -2.91. The van der Waals surface area contributed by atoms with Crippen LogP contribution in [0.2, 0.25) is 0 Å². The summed E-state index contributed by atoms with van der Waals surface area (Å²) in [6.45, 7) is 1.80. The van der Waals surface area contributed by atoms with Crippen molar-refractivity contribution in [1.29, 1.82) is 0 Å². The van der Waals surface area contributed by atoms with Gasteiger partial charge >= 0.3 is 5.97 Å². The molecule has 2 heterocycles. The predicted molar refractivity (Wildman–Crippen MR) is 121 cm³/mol. The molecule has 0 fully saturated rings. The first kappa shape index (κ1) is 21.0. The molecule has 8 nitrogen and oxygen atoms in total. The number of anilines is 1. The number of para-hydroxylation sites is 1. The Morgan fingerprint density at radius 3 is 2.75 bits per heavy atom. The van der Waals surface area contributed by atoms with Gasteiger partial charge in [-0.05, 0) is 30.7 Å². The molecule has 1 aromatic heterocycles. The van der Waals surface area contributed by atoms with Crippen molar-refractivity contribution in [2.45, 2.75) is 42.5 Å². The number of amides is 1. The van der Waals surface area contributed by atoms with Crippen molar-refractivity contribution in [2.24, 2.45) is 0 Å². The van der Waals surface area contributed by atoms with E-state index in [1.807, 2.05) is 18.4 Å². The highest BCUT2D eigenvalue weighted by atomic mass is 32.2. The summed E-state index contributed by atoms with van der Waals surface area (Å²) in [7, 11) is 1.65. The number of likely N-dealkylation sites (N-methyl/N-ethyl adjacent to an activating group) is 1. The number of aliphatic carboxylic acids is 1. The van der Waals surface area contributed by atoms with Gasteiger partial charge in [-0.3, -0.25) is 9.59 Å². The fourth-order valence-electron chi connectivity index (χ4n) is 5.97. The standard InChI is InChI=1S/C23H23N3O5S/c1-11-17-18(24-14(10-32-3)19(27)25-17)16-12(20(28)29)8-9-22(16,31)23(11)13-6-4-5-7-15(13)26(2)21(23)30/h4-7,11,31H,8-10H2,1-3H3,(H,25,27)(H,28,29). The van der Waals surface area contributed by atoms with E-state index in [0.29, 0.717) is 22.7 Å². The van der Waals surface area contributed by atoms with E-state index in [-0.39, 0.29) is 46.8 Å². The molecule has 3 unspecified atom stereocenters. The zero-order valence-electron chi connectivity index (χ0n) is 17.9. The maximum Gasteiger partial charge on any atom is 0.332 e. The second-order valence-corrected chi connectivity index (χ2v) is 9.50. The predicted octanol–water partition coefficient (Wildman–Crippen LogP) is 2.03. The van der Waals surface area contributed by atoms with Crippen LogP contribution < -0.4 is 10.5 Å². The minimum absolute atomic E-state index is 0.0366.